The summed E-state index contributed by atoms with van der Waals surface area (Å²) in [7, 11) is 1.74. The molecule has 7 nitrogen and oxygen atoms in total. The fraction of sp³-hybridized carbons (Fsp3) is 0.393. The monoisotopic (exact) mass is 471 g/mol. The maximum Gasteiger partial charge on any atom is 0.320 e. The first kappa shape index (κ1) is 23.3. The predicted molar refractivity (Wildman–Crippen MR) is 137 cm³/mol. The van der Waals surface area contributed by atoms with E-state index in [-0.39, 0.29) is 11.6 Å². The highest BCUT2D eigenvalue weighted by atomic mass is 16.2. The number of carbonyl (C=O) groups is 1. The molecule has 2 aliphatic rings. The lowest BCUT2D eigenvalue weighted by Gasteiger charge is -2.32. The van der Waals surface area contributed by atoms with E-state index < -0.39 is 0 Å². The number of benzene rings is 1. The Balaban J connectivity index is 1.13. The van der Waals surface area contributed by atoms with Crippen LogP contribution in [0.1, 0.15) is 23.7 Å². The zero-order valence-electron chi connectivity index (χ0n) is 20.6. The second-order valence-corrected chi connectivity index (χ2v) is 9.91. The summed E-state index contributed by atoms with van der Waals surface area (Å²) in [5.74, 6) is 0.420. The fourth-order valence-electron chi connectivity index (χ4n) is 5.18. The zero-order chi connectivity index (χ0) is 24.4. The van der Waals surface area contributed by atoms with Crippen LogP contribution in [0.15, 0.2) is 65.7 Å². The minimum atomic E-state index is -0.0361. The summed E-state index contributed by atoms with van der Waals surface area (Å²) in [6.07, 6.45) is 4.73. The summed E-state index contributed by atoms with van der Waals surface area (Å²) >= 11 is 0. The number of rotatable bonds is 7. The predicted octanol–water partition coefficient (Wildman–Crippen LogP) is 3.38. The Labute approximate surface area is 206 Å². The maximum absolute atomic E-state index is 13.0. The third-order valence-electron chi connectivity index (χ3n) is 7.09. The lowest BCUT2D eigenvalue weighted by Crippen LogP contribution is -2.39. The molecular formula is C28H33N5O2. The van der Waals surface area contributed by atoms with Crippen LogP contribution >= 0.6 is 0 Å². The molecule has 2 aromatic heterocycles. The van der Waals surface area contributed by atoms with Gasteiger partial charge in [0.15, 0.2) is 0 Å². The molecule has 1 aromatic carbocycles. The number of pyridine rings is 2. The number of nitrogens with zero attached hydrogens (tertiary/aromatic N) is 5. The number of urea groups is 1. The van der Waals surface area contributed by atoms with Crippen molar-refractivity contribution in [2.24, 2.45) is 13.0 Å². The van der Waals surface area contributed by atoms with Crippen molar-refractivity contribution in [3.63, 3.8) is 0 Å². The van der Waals surface area contributed by atoms with Crippen molar-refractivity contribution < 1.29 is 4.79 Å². The quantitative estimate of drug-likeness (QED) is 0.530. The summed E-state index contributed by atoms with van der Waals surface area (Å²) in [5, 5.41) is 0. The van der Waals surface area contributed by atoms with Crippen LogP contribution in [0.3, 0.4) is 0 Å². The lowest BCUT2D eigenvalue weighted by molar-refractivity contribution is 0.170. The Kier molecular flexibility index (Phi) is 6.68. The van der Waals surface area contributed by atoms with E-state index in [2.05, 4.69) is 41.1 Å². The summed E-state index contributed by atoms with van der Waals surface area (Å²) in [5.41, 5.74) is 5.63. The van der Waals surface area contributed by atoms with Crippen LogP contribution in [0.25, 0.3) is 11.1 Å². The van der Waals surface area contributed by atoms with Crippen molar-refractivity contribution in [2.45, 2.75) is 26.4 Å². The SMILES string of the molecule is C[C@H](CN1CCc2ccccc2C1)CN1CCN(Cc2ccc(-c3ccc(=O)n(C)c3)cn2)C1=O. The minimum Gasteiger partial charge on any atom is -0.323 e. The van der Waals surface area contributed by atoms with Crippen LogP contribution in [0.5, 0.6) is 0 Å². The number of aryl methyl sites for hydroxylation is 1. The molecule has 0 spiro atoms. The average molecular weight is 472 g/mol. The average Bonchev–Trinajstić information content (AvgIpc) is 3.20. The summed E-state index contributed by atoms with van der Waals surface area (Å²) in [6.45, 7) is 8.13. The van der Waals surface area contributed by atoms with Gasteiger partial charge in [-0.3, -0.25) is 14.7 Å². The highest BCUT2D eigenvalue weighted by Crippen LogP contribution is 2.21. The van der Waals surface area contributed by atoms with Gasteiger partial charge in [-0.25, -0.2) is 4.79 Å². The molecule has 0 radical (unpaired) electrons. The molecule has 1 saturated heterocycles. The topological polar surface area (TPSA) is 61.7 Å². The molecule has 182 valence electrons. The molecule has 35 heavy (non-hydrogen) atoms. The number of carbonyl (C=O) groups excluding carboxylic acids is 1. The lowest BCUT2D eigenvalue weighted by atomic mass is 9.99. The highest BCUT2D eigenvalue weighted by Gasteiger charge is 2.30. The number of hydrogen-bond acceptors (Lipinski definition) is 4. The van der Waals surface area contributed by atoms with Gasteiger partial charge in [0.25, 0.3) is 0 Å². The van der Waals surface area contributed by atoms with E-state index in [0.29, 0.717) is 12.5 Å². The van der Waals surface area contributed by atoms with Crippen molar-refractivity contribution in [1.82, 2.24) is 24.3 Å². The van der Waals surface area contributed by atoms with Crippen LogP contribution in [0.2, 0.25) is 0 Å². The van der Waals surface area contributed by atoms with E-state index in [9.17, 15) is 9.59 Å². The van der Waals surface area contributed by atoms with Crippen molar-refractivity contribution in [2.75, 3.05) is 32.7 Å². The summed E-state index contributed by atoms with van der Waals surface area (Å²) < 4.78 is 1.56. The van der Waals surface area contributed by atoms with E-state index in [4.69, 9.17) is 0 Å². The van der Waals surface area contributed by atoms with Crippen LogP contribution in [0, 0.1) is 5.92 Å². The molecule has 0 saturated carbocycles. The molecule has 1 fully saturated rings. The van der Waals surface area contributed by atoms with Gasteiger partial charge in [-0.1, -0.05) is 37.3 Å². The molecule has 4 heterocycles. The molecule has 3 aromatic rings. The van der Waals surface area contributed by atoms with Crippen LogP contribution < -0.4 is 5.56 Å². The minimum absolute atomic E-state index is 0.0361. The summed E-state index contributed by atoms with van der Waals surface area (Å²) in [6, 6.07) is 16.2. The van der Waals surface area contributed by atoms with Gasteiger partial charge in [0.1, 0.15) is 0 Å². The van der Waals surface area contributed by atoms with Gasteiger partial charge in [0.2, 0.25) is 5.56 Å². The molecule has 1 atom stereocenters. The van der Waals surface area contributed by atoms with E-state index >= 15 is 0 Å². The molecule has 0 bridgehead atoms. The number of aromatic nitrogens is 2. The third-order valence-corrected chi connectivity index (χ3v) is 7.09. The largest absolute Gasteiger partial charge is 0.323 e. The van der Waals surface area contributed by atoms with E-state index in [1.54, 1.807) is 17.7 Å². The van der Waals surface area contributed by atoms with Gasteiger partial charge in [0.05, 0.1) is 12.2 Å². The summed E-state index contributed by atoms with van der Waals surface area (Å²) in [4.78, 5) is 35.6. The zero-order valence-corrected chi connectivity index (χ0v) is 20.6. The van der Waals surface area contributed by atoms with Gasteiger partial charge in [-0.15, -0.1) is 0 Å². The Morgan fingerprint density at radius 2 is 1.66 bits per heavy atom. The van der Waals surface area contributed by atoms with E-state index in [1.807, 2.05) is 40.4 Å². The molecule has 2 amide bonds. The van der Waals surface area contributed by atoms with Gasteiger partial charge in [-0.05, 0) is 41.2 Å². The second-order valence-electron chi connectivity index (χ2n) is 9.91. The maximum atomic E-state index is 13.0. The number of hydrogen-bond donors (Lipinski definition) is 0. The van der Waals surface area contributed by atoms with Gasteiger partial charge < -0.3 is 14.4 Å². The third kappa shape index (κ3) is 5.30. The number of fused-ring (bicyclic) bond motifs is 1. The standard InChI is InChI=1S/C28H33N5O2/c1-21(16-31-12-11-22-5-3-4-6-24(22)19-31)17-32-13-14-33(28(32)35)20-26-9-7-23(15-29-26)25-8-10-27(34)30(2)18-25/h3-10,15,18,21H,11-14,16-17,19-20H2,1-2H3/t21-/m1/s1. The number of amides is 2. The van der Waals surface area contributed by atoms with Crippen molar-refractivity contribution in [3.8, 4) is 11.1 Å². The molecular weight excluding hydrogens is 438 g/mol. The molecule has 2 aliphatic heterocycles. The smallest absolute Gasteiger partial charge is 0.320 e. The first-order chi connectivity index (χ1) is 17.0. The Morgan fingerprint density at radius 3 is 2.43 bits per heavy atom. The Bertz CT molecular complexity index is 1250. The van der Waals surface area contributed by atoms with Gasteiger partial charge >= 0.3 is 6.03 Å². The first-order valence-electron chi connectivity index (χ1n) is 12.4. The normalized spacial score (nSPS) is 17.0. The highest BCUT2D eigenvalue weighted by molar-refractivity contribution is 5.76. The van der Waals surface area contributed by atoms with Gasteiger partial charge in [0, 0.05) is 70.3 Å². The molecule has 5 rings (SSSR count). The van der Waals surface area contributed by atoms with E-state index in [1.165, 1.54) is 11.1 Å². The first-order valence-corrected chi connectivity index (χ1v) is 12.4. The van der Waals surface area contributed by atoms with Crippen molar-refractivity contribution in [1.29, 1.82) is 0 Å². The Hall–Kier alpha value is -3.45. The molecule has 7 heteroatoms. The second kappa shape index (κ2) is 10.0. The van der Waals surface area contributed by atoms with Crippen molar-refractivity contribution in [3.05, 3.63) is 88.1 Å². The molecule has 0 N–H and O–H groups in total. The van der Waals surface area contributed by atoms with Crippen LogP contribution in [-0.2, 0) is 26.6 Å². The van der Waals surface area contributed by atoms with Gasteiger partial charge in [-0.2, -0.15) is 0 Å². The molecule has 0 unspecified atom stereocenters. The van der Waals surface area contributed by atoms with Crippen molar-refractivity contribution >= 4 is 6.03 Å². The van der Waals surface area contributed by atoms with Crippen LogP contribution in [0.4, 0.5) is 4.79 Å². The fourth-order valence-corrected chi connectivity index (χ4v) is 5.18. The van der Waals surface area contributed by atoms with Crippen LogP contribution in [-0.4, -0.2) is 63.0 Å². The van der Waals surface area contributed by atoms with E-state index in [0.717, 1.165) is 62.5 Å². The molecule has 0 aliphatic carbocycles. The Morgan fingerprint density at radius 1 is 0.886 bits per heavy atom.